The maximum atomic E-state index is 15.1. The van der Waals surface area contributed by atoms with E-state index in [9.17, 15) is 8.78 Å². The molecule has 3 aromatic carbocycles. The third-order valence-corrected chi connectivity index (χ3v) is 6.47. The summed E-state index contributed by atoms with van der Waals surface area (Å²) in [5.41, 5.74) is 1.33. The van der Waals surface area contributed by atoms with Crippen molar-refractivity contribution in [3.63, 3.8) is 0 Å². The van der Waals surface area contributed by atoms with Gasteiger partial charge in [-0.25, -0.2) is 13.2 Å². The standard InChI is InChI=1S/C29H28F4O2/c1-3-5-6-21-12-11-20(17-35-21)24-14-13-22(26(30)27(24)31)18-7-9-19(10-8-18)23-15-16-25(34-4-2)29(33)28(23)32/h3,7-10,13-16,20-21H,1,4-6,11-12,17H2,2H3. The average Bonchev–Trinajstić information content (AvgIpc) is 2.88. The molecule has 0 amide bonds. The molecule has 4 rings (SSSR count). The summed E-state index contributed by atoms with van der Waals surface area (Å²) in [5.74, 6) is -4.23. The van der Waals surface area contributed by atoms with Crippen LogP contribution in [0, 0.1) is 23.3 Å². The number of hydrogen-bond donors (Lipinski definition) is 0. The van der Waals surface area contributed by atoms with Crippen molar-refractivity contribution in [2.24, 2.45) is 0 Å². The summed E-state index contributed by atoms with van der Waals surface area (Å²) < 4.78 is 69.8. The maximum Gasteiger partial charge on any atom is 0.201 e. The van der Waals surface area contributed by atoms with E-state index in [4.69, 9.17) is 9.47 Å². The molecule has 1 heterocycles. The number of ether oxygens (including phenoxy) is 2. The summed E-state index contributed by atoms with van der Waals surface area (Å²) in [4.78, 5) is 0. The second-order valence-corrected chi connectivity index (χ2v) is 8.68. The third kappa shape index (κ3) is 5.27. The van der Waals surface area contributed by atoms with Gasteiger partial charge in [0, 0.05) is 17.0 Å². The lowest BCUT2D eigenvalue weighted by Gasteiger charge is -2.29. The monoisotopic (exact) mass is 484 g/mol. The van der Waals surface area contributed by atoms with Crippen LogP contribution in [0.15, 0.2) is 61.2 Å². The van der Waals surface area contributed by atoms with Gasteiger partial charge in [0.1, 0.15) is 0 Å². The van der Waals surface area contributed by atoms with Gasteiger partial charge in [-0.05, 0) is 61.4 Å². The highest BCUT2D eigenvalue weighted by molar-refractivity contribution is 5.71. The van der Waals surface area contributed by atoms with Crippen molar-refractivity contribution < 1.29 is 27.0 Å². The molecule has 0 bridgehead atoms. The molecular formula is C29H28F4O2. The Balaban J connectivity index is 1.53. The van der Waals surface area contributed by atoms with E-state index in [1.165, 1.54) is 12.1 Å². The van der Waals surface area contributed by atoms with E-state index in [-0.39, 0.29) is 35.5 Å². The fourth-order valence-electron chi connectivity index (χ4n) is 4.54. The summed E-state index contributed by atoms with van der Waals surface area (Å²) >= 11 is 0. The molecule has 2 unspecified atom stereocenters. The Morgan fingerprint density at radius 2 is 1.49 bits per heavy atom. The van der Waals surface area contributed by atoms with Crippen LogP contribution in [0.25, 0.3) is 22.3 Å². The highest BCUT2D eigenvalue weighted by Crippen LogP contribution is 2.36. The Labute approximate surface area is 203 Å². The van der Waals surface area contributed by atoms with Crippen molar-refractivity contribution in [1.82, 2.24) is 0 Å². The first-order valence-corrected chi connectivity index (χ1v) is 11.9. The predicted octanol–water partition coefficient (Wildman–Crippen LogP) is 8.20. The zero-order chi connectivity index (χ0) is 24.9. The van der Waals surface area contributed by atoms with Crippen molar-refractivity contribution in [2.75, 3.05) is 13.2 Å². The van der Waals surface area contributed by atoms with Crippen LogP contribution in [0.5, 0.6) is 5.75 Å². The van der Waals surface area contributed by atoms with Gasteiger partial charge in [-0.15, -0.1) is 6.58 Å². The van der Waals surface area contributed by atoms with Gasteiger partial charge < -0.3 is 9.47 Å². The number of rotatable bonds is 8. The van der Waals surface area contributed by atoms with E-state index in [2.05, 4.69) is 6.58 Å². The molecule has 0 aromatic heterocycles. The summed E-state index contributed by atoms with van der Waals surface area (Å²) in [6.45, 7) is 5.97. The minimum Gasteiger partial charge on any atom is -0.491 e. The van der Waals surface area contributed by atoms with Gasteiger partial charge in [-0.3, -0.25) is 0 Å². The van der Waals surface area contributed by atoms with E-state index in [1.54, 1.807) is 43.3 Å². The highest BCUT2D eigenvalue weighted by atomic mass is 19.2. The molecule has 6 heteroatoms. The van der Waals surface area contributed by atoms with Crippen LogP contribution in [0.3, 0.4) is 0 Å². The largest absolute Gasteiger partial charge is 0.491 e. The van der Waals surface area contributed by atoms with Crippen molar-refractivity contribution in [2.45, 2.75) is 44.6 Å². The normalized spacial score (nSPS) is 17.9. The van der Waals surface area contributed by atoms with Gasteiger partial charge in [0.25, 0.3) is 0 Å². The van der Waals surface area contributed by atoms with Crippen LogP contribution in [0.1, 0.15) is 44.1 Å². The summed E-state index contributed by atoms with van der Waals surface area (Å²) in [6.07, 6.45) is 5.26. The summed E-state index contributed by atoms with van der Waals surface area (Å²) in [7, 11) is 0. The fraction of sp³-hybridized carbons (Fsp3) is 0.310. The highest BCUT2D eigenvalue weighted by Gasteiger charge is 2.27. The van der Waals surface area contributed by atoms with Crippen molar-refractivity contribution in [3.8, 4) is 28.0 Å². The van der Waals surface area contributed by atoms with Gasteiger partial charge in [0.15, 0.2) is 23.2 Å². The quantitative estimate of drug-likeness (QED) is 0.237. The van der Waals surface area contributed by atoms with Gasteiger partial charge in [0.05, 0.1) is 19.3 Å². The molecule has 1 fully saturated rings. The molecule has 184 valence electrons. The Kier molecular flexibility index (Phi) is 7.91. The smallest absolute Gasteiger partial charge is 0.201 e. The van der Waals surface area contributed by atoms with E-state index in [0.717, 1.165) is 25.7 Å². The molecule has 1 aliphatic heterocycles. The van der Waals surface area contributed by atoms with Crippen molar-refractivity contribution in [1.29, 1.82) is 0 Å². The predicted molar refractivity (Wildman–Crippen MR) is 129 cm³/mol. The first-order valence-electron chi connectivity index (χ1n) is 11.9. The van der Waals surface area contributed by atoms with Crippen LogP contribution in [0.2, 0.25) is 0 Å². The van der Waals surface area contributed by atoms with E-state index in [1.807, 2.05) is 6.08 Å². The van der Waals surface area contributed by atoms with Gasteiger partial charge in [-0.1, -0.05) is 42.5 Å². The van der Waals surface area contributed by atoms with Gasteiger partial charge in [-0.2, -0.15) is 4.39 Å². The SMILES string of the molecule is C=CCCC1CCC(c2ccc(-c3ccc(-c4ccc(OCC)c(F)c4F)cc3)c(F)c2F)CO1. The summed E-state index contributed by atoms with van der Waals surface area (Å²) in [6, 6.07) is 12.2. The van der Waals surface area contributed by atoms with Crippen LogP contribution in [-0.4, -0.2) is 19.3 Å². The first kappa shape index (κ1) is 25.0. The lowest BCUT2D eigenvalue weighted by Crippen LogP contribution is -2.25. The molecule has 1 saturated heterocycles. The lowest BCUT2D eigenvalue weighted by atomic mass is 9.88. The Bertz CT molecular complexity index is 1180. The van der Waals surface area contributed by atoms with Crippen LogP contribution >= 0.6 is 0 Å². The second-order valence-electron chi connectivity index (χ2n) is 8.68. The minimum atomic E-state index is -1.06. The van der Waals surface area contributed by atoms with Gasteiger partial charge >= 0.3 is 0 Å². The molecule has 0 N–H and O–H groups in total. The second kappa shape index (κ2) is 11.1. The Hall–Kier alpha value is -3.12. The number of halogens is 4. The molecule has 0 spiro atoms. The van der Waals surface area contributed by atoms with Crippen molar-refractivity contribution in [3.05, 3.63) is 90.0 Å². The third-order valence-electron chi connectivity index (χ3n) is 6.47. The number of benzene rings is 3. The van der Waals surface area contributed by atoms with Crippen molar-refractivity contribution >= 4 is 0 Å². The van der Waals surface area contributed by atoms with E-state index >= 15 is 8.78 Å². The molecule has 0 aliphatic carbocycles. The Morgan fingerprint density at radius 1 is 0.857 bits per heavy atom. The Morgan fingerprint density at radius 3 is 2.06 bits per heavy atom. The van der Waals surface area contributed by atoms with Crippen LogP contribution in [-0.2, 0) is 4.74 Å². The van der Waals surface area contributed by atoms with Crippen LogP contribution < -0.4 is 4.74 Å². The molecular weight excluding hydrogens is 456 g/mol. The lowest BCUT2D eigenvalue weighted by molar-refractivity contribution is -0.000881. The minimum absolute atomic E-state index is 0.0585. The molecule has 2 atom stereocenters. The number of hydrogen-bond acceptors (Lipinski definition) is 2. The van der Waals surface area contributed by atoms with E-state index in [0.29, 0.717) is 23.3 Å². The molecule has 0 saturated carbocycles. The summed E-state index contributed by atoms with van der Waals surface area (Å²) in [5, 5.41) is 0. The zero-order valence-corrected chi connectivity index (χ0v) is 19.6. The fourth-order valence-corrected chi connectivity index (χ4v) is 4.54. The maximum absolute atomic E-state index is 15.1. The molecule has 1 aliphatic rings. The zero-order valence-electron chi connectivity index (χ0n) is 19.6. The first-order chi connectivity index (χ1) is 16.9. The topological polar surface area (TPSA) is 18.5 Å². The number of allylic oxidation sites excluding steroid dienone is 1. The average molecular weight is 485 g/mol. The molecule has 0 radical (unpaired) electrons. The molecule has 3 aromatic rings. The van der Waals surface area contributed by atoms with Gasteiger partial charge in [0.2, 0.25) is 5.82 Å². The van der Waals surface area contributed by atoms with E-state index < -0.39 is 23.3 Å². The molecule has 35 heavy (non-hydrogen) atoms. The molecule has 2 nitrogen and oxygen atoms in total. The van der Waals surface area contributed by atoms with Crippen LogP contribution in [0.4, 0.5) is 17.6 Å².